The van der Waals surface area contributed by atoms with Crippen LogP contribution in [0.1, 0.15) is 19.4 Å². The Bertz CT molecular complexity index is 997. The SMILES string of the molecule is CC1(C)Oc2c(cc3ccc(=O)oc3c2O)CC1O[C@@H]1O[C@H](CO)[C@@H](O)[C@H](O)[C@H]1O. The van der Waals surface area contributed by atoms with E-state index in [-0.39, 0.29) is 23.5 Å². The van der Waals surface area contributed by atoms with Gasteiger partial charge in [-0.15, -0.1) is 0 Å². The van der Waals surface area contributed by atoms with Gasteiger partial charge >= 0.3 is 5.63 Å². The van der Waals surface area contributed by atoms with Crippen LogP contribution < -0.4 is 10.4 Å². The summed E-state index contributed by atoms with van der Waals surface area (Å²) in [6.07, 6.45) is -7.43. The van der Waals surface area contributed by atoms with Crippen LogP contribution in [-0.2, 0) is 15.9 Å². The van der Waals surface area contributed by atoms with Gasteiger partial charge in [0, 0.05) is 23.4 Å². The normalized spacial score (nSPS) is 33.1. The fourth-order valence-electron chi connectivity index (χ4n) is 3.83. The van der Waals surface area contributed by atoms with Crippen molar-refractivity contribution in [3.8, 4) is 11.5 Å². The Kier molecular flexibility index (Phi) is 5.25. The molecule has 0 saturated carbocycles. The predicted molar refractivity (Wildman–Crippen MR) is 101 cm³/mol. The van der Waals surface area contributed by atoms with Crippen LogP contribution in [0.5, 0.6) is 11.5 Å². The fourth-order valence-corrected chi connectivity index (χ4v) is 3.83. The Morgan fingerprint density at radius 2 is 1.90 bits per heavy atom. The minimum absolute atomic E-state index is 0.0188. The Labute approximate surface area is 170 Å². The van der Waals surface area contributed by atoms with Crippen LogP contribution >= 0.6 is 0 Å². The molecule has 0 radical (unpaired) electrons. The molecule has 2 aromatic rings. The van der Waals surface area contributed by atoms with E-state index in [0.29, 0.717) is 10.9 Å². The number of phenolic OH excluding ortho intramolecular Hbond substituents is 1. The number of rotatable bonds is 3. The number of phenols is 1. The first-order valence-corrected chi connectivity index (χ1v) is 9.56. The third kappa shape index (κ3) is 3.45. The van der Waals surface area contributed by atoms with Crippen LogP contribution in [0, 0.1) is 0 Å². The minimum atomic E-state index is -1.56. The van der Waals surface area contributed by atoms with Crippen molar-refractivity contribution in [3.05, 3.63) is 34.2 Å². The molecule has 164 valence electrons. The van der Waals surface area contributed by atoms with E-state index < -0.39 is 54.6 Å². The molecule has 5 N–H and O–H groups in total. The summed E-state index contributed by atoms with van der Waals surface area (Å²) in [5.41, 5.74) is -1.00. The van der Waals surface area contributed by atoms with Crippen molar-refractivity contribution in [2.45, 2.75) is 62.7 Å². The number of fused-ring (bicyclic) bond motifs is 2. The lowest BCUT2D eigenvalue weighted by Gasteiger charge is -2.45. The van der Waals surface area contributed by atoms with Crippen LogP contribution in [0.4, 0.5) is 0 Å². The molecule has 1 fully saturated rings. The smallest absolute Gasteiger partial charge is 0.336 e. The molecule has 1 aromatic heterocycles. The van der Waals surface area contributed by atoms with E-state index >= 15 is 0 Å². The van der Waals surface area contributed by atoms with Gasteiger partial charge < -0.3 is 44.2 Å². The lowest BCUT2D eigenvalue weighted by Crippen LogP contribution is -2.61. The van der Waals surface area contributed by atoms with Gasteiger partial charge in [-0.05, 0) is 26.0 Å². The van der Waals surface area contributed by atoms with Crippen LogP contribution in [0.25, 0.3) is 11.0 Å². The van der Waals surface area contributed by atoms with Gasteiger partial charge in [0.05, 0.1) is 6.61 Å². The zero-order chi connectivity index (χ0) is 21.8. The third-order valence-corrected chi connectivity index (χ3v) is 5.61. The first-order chi connectivity index (χ1) is 14.1. The molecule has 0 amide bonds. The average Bonchev–Trinajstić information content (AvgIpc) is 2.70. The second-order valence-corrected chi connectivity index (χ2v) is 8.12. The molecule has 0 bridgehead atoms. The monoisotopic (exact) mass is 424 g/mol. The van der Waals surface area contributed by atoms with Crippen molar-refractivity contribution < 1.29 is 44.2 Å². The van der Waals surface area contributed by atoms with Crippen LogP contribution in [0.15, 0.2) is 27.4 Å². The van der Waals surface area contributed by atoms with E-state index in [2.05, 4.69) is 0 Å². The zero-order valence-electron chi connectivity index (χ0n) is 16.4. The average molecular weight is 424 g/mol. The molecule has 1 aromatic carbocycles. The zero-order valence-corrected chi connectivity index (χ0v) is 16.4. The Morgan fingerprint density at radius 3 is 2.60 bits per heavy atom. The molecular weight excluding hydrogens is 400 g/mol. The molecule has 0 spiro atoms. The van der Waals surface area contributed by atoms with Crippen molar-refractivity contribution in [1.29, 1.82) is 0 Å². The van der Waals surface area contributed by atoms with Crippen molar-refractivity contribution in [3.63, 3.8) is 0 Å². The quantitative estimate of drug-likeness (QED) is 0.403. The number of aliphatic hydroxyl groups excluding tert-OH is 4. The largest absolute Gasteiger partial charge is 0.502 e. The van der Waals surface area contributed by atoms with Gasteiger partial charge in [-0.1, -0.05) is 0 Å². The number of aliphatic hydroxyl groups is 4. The summed E-state index contributed by atoms with van der Waals surface area (Å²) in [6.45, 7) is 2.84. The maximum atomic E-state index is 11.5. The van der Waals surface area contributed by atoms with Crippen molar-refractivity contribution in [2.24, 2.45) is 0 Å². The molecule has 2 aliphatic rings. The second-order valence-electron chi connectivity index (χ2n) is 8.12. The lowest BCUT2D eigenvalue weighted by molar-refractivity contribution is -0.321. The fraction of sp³-hybridized carbons (Fsp3) is 0.550. The van der Waals surface area contributed by atoms with Gasteiger partial charge in [-0.3, -0.25) is 0 Å². The third-order valence-electron chi connectivity index (χ3n) is 5.61. The molecule has 3 heterocycles. The van der Waals surface area contributed by atoms with Gasteiger partial charge in [-0.2, -0.15) is 0 Å². The molecule has 10 nitrogen and oxygen atoms in total. The first kappa shape index (κ1) is 21.0. The Morgan fingerprint density at radius 1 is 1.17 bits per heavy atom. The number of ether oxygens (including phenoxy) is 3. The van der Waals surface area contributed by atoms with Crippen molar-refractivity contribution >= 4 is 11.0 Å². The van der Waals surface area contributed by atoms with E-state index in [9.17, 15) is 30.3 Å². The summed E-state index contributed by atoms with van der Waals surface area (Å²) in [5.74, 6) is -0.130. The molecule has 4 rings (SSSR count). The van der Waals surface area contributed by atoms with Crippen LogP contribution in [-0.4, -0.2) is 74.6 Å². The molecule has 6 atom stereocenters. The van der Waals surface area contributed by atoms with Gasteiger partial charge in [0.15, 0.2) is 17.6 Å². The molecule has 2 aliphatic heterocycles. The highest BCUT2D eigenvalue weighted by Gasteiger charge is 2.48. The highest BCUT2D eigenvalue weighted by molar-refractivity contribution is 5.86. The van der Waals surface area contributed by atoms with Gasteiger partial charge in [0.25, 0.3) is 0 Å². The highest BCUT2D eigenvalue weighted by Crippen LogP contribution is 2.45. The lowest BCUT2D eigenvalue weighted by atomic mass is 9.89. The second kappa shape index (κ2) is 7.49. The van der Waals surface area contributed by atoms with Crippen LogP contribution in [0.3, 0.4) is 0 Å². The van der Waals surface area contributed by atoms with Crippen molar-refractivity contribution in [1.82, 2.24) is 0 Å². The van der Waals surface area contributed by atoms with E-state index in [1.54, 1.807) is 19.9 Å². The van der Waals surface area contributed by atoms with E-state index in [4.69, 9.17) is 18.6 Å². The number of benzene rings is 1. The Balaban J connectivity index is 1.65. The number of hydrogen-bond acceptors (Lipinski definition) is 10. The topological polar surface area (TPSA) is 159 Å². The van der Waals surface area contributed by atoms with Crippen LogP contribution in [0.2, 0.25) is 0 Å². The molecule has 10 heteroatoms. The predicted octanol–water partition coefficient (Wildman–Crippen LogP) is -0.603. The first-order valence-electron chi connectivity index (χ1n) is 9.56. The van der Waals surface area contributed by atoms with E-state index in [0.717, 1.165) is 0 Å². The minimum Gasteiger partial charge on any atom is -0.502 e. The summed E-state index contributed by atoms with van der Waals surface area (Å²) >= 11 is 0. The van der Waals surface area contributed by atoms with Gasteiger partial charge in [-0.25, -0.2) is 4.79 Å². The molecule has 1 saturated heterocycles. The summed E-state index contributed by atoms with van der Waals surface area (Å²) < 4.78 is 22.4. The summed E-state index contributed by atoms with van der Waals surface area (Å²) in [7, 11) is 0. The summed E-state index contributed by atoms with van der Waals surface area (Å²) in [5, 5.41) is 50.6. The highest BCUT2D eigenvalue weighted by atomic mass is 16.7. The standard InChI is InChI=1S/C20H24O10/c1-20(2)11(28-19-15(25)14(24)13(23)10(7-21)27-19)6-9-5-8-3-4-12(22)29-17(8)16(26)18(9)30-20/h3-5,10-11,13-15,19,21,23-26H,6-7H2,1-2H3/t10-,11?,13-,14+,15-,19+/m1/s1. The summed E-state index contributed by atoms with van der Waals surface area (Å²) in [6, 6.07) is 4.46. The molecule has 30 heavy (non-hydrogen) atoms. The molecule has 1 unspecified atom stereocenters. The van der Waals surface area contributed by atoms with Gasteiger partial charge in [0.2, 0.25) is 5.75 Å². The molecule has 0 aliphatic carbocycles. The number of aromatic hydroxyl groups is 1. The van der Waals surface area contributed by atoms with E-state index in [1.165, 1.54) is 12.1 Å². The Hall–Kier alpha value is -2.21. The van der Waals surface area contributed by atoms with Gasteiger partial charge in [0.1, 0.15) is 36.1 Å². The maximum Gasteiger partial charge on any atom is 0.336 e. The maximum absolute atomic E-state index is 11.5. The van der Waals surface area contributed by atoms with Crippen molar-refractivity contribution in [2.75, 3.05) is 6.61 Å². The molecular formula is C20H24O10. The number of hydrogen-bond donors (Lipinski definition) is 5. The van der Waals surface area contributed by atoms with E-state index in [1.807, 2.05) is 0 Å². The summed E-state index contributed by atoms with van der Waals surface area (Å²) in [4.78, 5) is 11.5.